The molecule has 0 bridgehead atoms. The normalized spacial score (nSPS) is 15.8. The minimum Gasteiger partial charge on any atom is -0.497 e. The number of aromatic nitrogens is 1. The van der Waals surface area contributed by atoms with Crippen molar-refractivity contribution in [2.45, 2.75) is 18.3 Å². The number of benzene rings is 2. The van der Waals surface area contributed by atoms with Crippen LogP contribution in [0.25, 0.3) is 16.5 Å². The van der Waals surface area contributed by atoms with Crippen LogP contribution in [0.15, 0.2) is 66.3 Å². The quantitative estimate of drug-likeness (QED) is 0.667. The van der Waals surface area contributed by atoms with Crippen molar-refractivity contribution >= 4 is 34.1 Å². The summed E-state index contributed by atoms with van der Waals surface area (Å²) >= 11 is 1.57. The monoisotopic (exact) mass is 391 g/mol. The molecule has 2 heterocycles. The van der Waals surface area contributed by atoms with E-state index >= 15 is 0 Å². The van der Waals surface area contributed by atoms with E-state index in [1.54, 1.807) is 25.1 Å². The molecular formula is C22H21N3O2S. The number of nitrogens with one attached hydrogen (secondary N) is 2. The first-order valence-electron chi connectivity index (χ1n) is 9.10. The first-order valence-corrected chi connectivity index (χ1v) is 10.0. The second kappa shape index (κ2) is 8.35. The molecule has 142 valence electrons. The lowest BCUT2D eigenvalue weighted by molar-refractivity contribution is -0.121. The minimum absolute atomic E-state index is 0.0278. The number of carbonyl (C=O) groups excluding carboxylic acids is 1. The molecule has 1 aliphatic heterocycles. The zero-order valence-electron chi connectivity index (χ0n) is 15.5. The summed E-state index contributed by atoms with van der Waals surface area (Å²) < 4.78 is 5.15. The van der Waals surface area contributed by atoms with Crippen molar-refractivity contribution in [2.75, 3.05) is 7.11 Å². The Kier molecular flexibility index (Phi) is 5.48. The average molecular weight is 391 g/mol. The molecule has 1 aliphatic rings. The van der Waals surface area contributed by atoms with Gasteiger partial charge in [0.1, 0.15) is 5.75 Å². The lowest BCUT2D eigenvalue weighted by Crippen LogP contribution is -2.39. The van der Waals surface area contributed by atoms with Gasteiger partial charge < -0.3 is 15.4 Å². The number of pyridine rings is 1. The molecule has 6 heteroatoms. The van der Waals surface area contributed by atoms with Gasteiger partial charge in [-0.1, -0.05) is 36.0 Å². The summed E-state index contributed by atoms with van der Waals surface area (Å²) in [4.78, 5) is 16.4. The van der Waals surface area contributed by atoms with Crippen LogP contribution in [0.1, 0.15) is 17.5 Å². The van der Waals surface area contributed by atoms with E-state index in [0.29, 0.717) is 12.8 Å². The topological polar surface area (TPSA) is 63.2 Å². The fraction of sp³-hybridized carbons (Fsp3) is 0.182. The minimum atomic E-state index is -0.147. The Morgan fingerprint density at radius 3 is 2.86 bits per heavy atom. The molecule has 1 atom stereocenters. The van der Waals surface area contributed by atoms with Crippen molar-refractivity contribution in [3.8, 4) is 5.75 Å². The summed E-state index contributed by atoms with van der Waals surface area (Å²) in [5, 5.41) is 10.7. The lowest BCUT2D eigenvalue weighted by Gasteiger charge is -2.15. The van der Waals surface area contributed by atoms with E-state index in [4.69, 9.17) is 4.74 Å². The molecule has 1 aromatic heterocycles. The van der Waals surface area contributed by atoms with Gasteiger partial charge in [0, 0.05) is 24.2 Å². The molecule has 3 aromatic rings. The van der Waals surface area contributed by atoms with Crippen molar-refractivity contribution in [2.24, 2.45) is 0 Å². The highest BCUT2D eigenvalue weighted by molar-refractivity contribution is 8.03. The van der Waals surface area contributed by atoms with Crippen LogP contribution in [-0.4, -0.2) is 23.5 Å². The Morgan fingerprint density at radius 1 is 1.18 bits per heavy atom. The predicted molar refractivity (Wildman–Crippen MR) is 114 cm³/mol. The third-order valence-corrected chi connectivity index (χ3v) is 5.53. The van der Waals surface area contributed by atoms with Crippen LogP contribution in [-0.2, 0) is 11.2 Å². The number of fused-ring (bicyclic) bond motifs is 1. The third kappa shape index (κ3) is 4.28. The molecule has 0 saturated heterocycles. The molecule has 0 spiro atoms. The molecule has 1 amide bonds. The fourth-order valence-electron chi connectivity index (χ4n) is 3.09. The van der Waals surface area contributed by atoms with Crippen LogP contribution < -0.4 is 15.4 Å². The summed E-state index contributed by atoms with van der Waals surface area (Å²) in [5.41, 5.74) is 3.09. The molecule has 2 aromatic carbocycles. The van der Waals surface area contributed by atoms with Gasteiger partial charge in [0.05, 0.1) is 12.8 Å². The highest BCUT2D eigenvalue weighted by atomic mass is 32.2. The number of thioether (sulfide) groups is 1. The maximum atomic E-state index is 12.3. The number of amides is 1. The largest absolute Gasteiger partial charge is 0.497 e. The number of rotatable bonds is 6. The molecule has 2 N–H and O–H groups in total. The summed E-state index contributed by atoms with van der Waals surface area (Å²) in [6, 6.07) is 16.1. The molecular weight excluding hydrogens is 370 g/mol. The summed E-state index contributed by atoms with van der Waals surface area (Å²) in [7, 11) is 1.64. The van der Waals surface area contributed by atoms with E-state index in [2.05, 4.69) is 39.2 Å². The Hall–Kier alpha value is -2.99. The van der Waals surface area contributed by atoms with E-state index in [-0.39, 0.29) is 11.4 Å². The summed E-state index contributed by atoms with van der Waals surface area (Å²) in [6.45, 7) is 0. The van der Waals surface area contributed by atoms with Gasteiger partial charge in [0.2, 0.25) is 5.91 Å². The summed E-state index contributed by atoms with van der Waals surface area (Å²) in [5.74, 6) is 0.850. The number of carbonyl (C=O) groups is 1. The lowest BCUT2D eigenvalue weighted by atomic mass is 10.1. The molecule has 0 saturated carbocycles. The van der Waals surface area contributed by atoms with Crippen LogP contribution in [0, 0.1) is 0 Å². The molecule has 0 fully saturated rings. The highest BCUT2D eigenvalue weighted by Gasteiger charge is 2.19. The number of hydrogen-bond acceptors (Lipinski definition) is 5. The van der Waals surface area contributed by atoms with Gasteiger partial charge in [-0.3, -0.25) is 9.78 Å². The van der Waals surface area contributed by atoms with E-state index < -0.39 is 0 Å². The molecule has 4 rings (SSSR count). The third-order valence-electron chi connectivity index (χ3n) is 4.65. The van der Waals surface area contributed by atoms with Gasteiger partial charge in [-0.25, -0.2) is 0 Å². The number of aryl methyl sites for hydroxylation is 1. The number of methoxy groups -OCH3 is 1. The first kappa shape index (κ1) is 18.4. The van der Waals surface area contributed by atoms with Gasteiger partial charge in [0.25, 0.3) is 0 Å². The number of ether oxygens (including phenoxy) is 1. The van der Waals surface area contributed by atoms with E-state index in [1.807, 2.05) is 36.5 Å². The molecule has 28 heavy (non-hydrogen) atoms. The van der Waals surface area contributed by atoms with Crippen LogP contribution in [0.4, 0.5) is 0 Å². The smallest absolute Gasteiger partial charge is 0.222 e. The Morgan fingerprint density at radius 2 is 2.04 bits per heavy atom. The maximum absolute atomic E-state index is 12.3. The highest BCUT2D eigenvalue weighted by Crippen LogP contribution is 2.28. The SMILES string of the molecule is COc1ccc(CCC(=O)NC2NC(c3ccc4cnccc4c3)=CS2)cc1. The number of nitrogens with zero attached hydrogens (tertiary/aromatic N) is 1. The van der Waals surface area contributed by atoms with Crippen molar-refractivity contribution in [3.63, 3.8) is 0 Å². The van der Waals surface area contributed by atoms with Crippen LogP contribution in [0.2, 0.25) is 0 Å². The van der Waals surface area contributed by atoms with Gasteiger partial charge in [-0.05, 0) is 52.6 Å². The van der Waals surface area contributed by atoms with Gasteiger partial charge in [-0.2, -0.15) is 0 Å². The zero-order chi connectivity index (χ0) is 19.3. The first-order chi connectivity index (χ1) is 13.7. The average Bonchev–Trinajstić information content (AvgIpc) is 3.20. The van der Waals surface area contributed by atoms with Crippen molar-refractivity contribution < 1.29 is 9.53 Å². The van der Waals surface area contributed by atoms with Crippen LogP contribution in [0.3, 0.4) is 0 Å². The predicted octanol–water partition coefficient (Wildman–Crippen LogP) is 3.91. The molecule has 5 nitrogen and oxygen atoms in total. The molecule has 1 unspecified atom stereocenters. The molecule has 0 aliphatic carbocycles. The summed E-state index contributed by atoms with van der Waals surface area (Å²) in [6.07, 6.45) is 4.80. The second-order valence-electron chi connectivity index (χ2n) is 6.55. The Bertz CT molecular complexity index is 1020. The molecule has 0 radical (unpaired) electrons. The maximum Gasteiger partial charge on any atom is 0.222 e. The number of hydrogen-bond donors (Lipinski definition) is 2. The van der Waals surface area contributed by atoms with Crippen LogP contribution in [0.5, 0.6) is 5.75 Å². The van der Waals surface area contributed by atoms with Gasteiger partial charge in [0.15, 0.2) is 5.50 Å². The second-order valence-corrected chi connectivity index (χ2v) is 7.52. The van der Waals surface area contributed by atoms with E-state index in [9.17, 15) is 4.79 Å². The van der Waals surface area contributed by atoms with E-state index in [0.717, 1.165) is 33.3 Å². The van der Waals surface area contributed by atoms with Crippen molar-refractivity contribution in [1.29, 1.82) is 0 Å². The van der Waals surface area contributed by atoms with Crippen molar-refractivity contribution in [3.05, 3.63) is 77.5 Å². The Labute approximate surface area is 168 Å². The van der Waals surface area contributed by atoms with Crippen molar-refractivity contribution in [1.82, 2.24) is 15.6 Å². The van der Waals surface area contributed by atoms with Crippen LogP contribution >= 0.6 is 11.8 Å². The van der Waals surface area contributed by atoms with Gasteiger partial charge in [-0.15, -0.1) is 0 Å². The fourth-order valence-corrected chi connectivity index (χ4v) is 3.96. The van der Waals surface area contributed by atoms with Gasteiger partial charge >= 0.3 is 0 Å². The Balaban J connectivity index is 1.30. The zero-order valence-corrected chi connectivity index (χ0v) is 16.3. The van der Waals surface area contributed by atoms with E-state index in [1.165, 1.54) is 0 Å². The standard InChI is InChI=1S/C22H21N3O2S/c1-27-19-7-2-15(3-8-19)4-9-21(26)25-22-24-20(14-28-22)17-5-6-18-13-23-11-10-16(18)12-17/h2-3,5-8,10-14,22,24H,4,9H2,1H3,(H,25,26).